The van der Waals surface area contributed by atoms with Crippen LogP contribution in [-0.4, -0.2) is 22.6 Å². The molecule has 1 aromatic heterocycles. The van der Waals surface area contributed by atoms with Crippen LogP contribution in [0.5, 0.6) is 0 Å². The van der Waals surface area contributed by atoms with E-state index in [0.717, 1.165) is 25.2 Å². The normalized spacial score (nSPS) is 14.9. The molecule has 156 valence electrons. The van der Waals surface area contributed by atoms with Crippen LogP contribution in [-0.2, 0) is 6.42 Å². The molecule has 1 aliphatic rings. The summed E-state index contributed by atoms with van der Waals surface area (Å²) in [5.74, 6) is 1.35. The molecule has 0 amide bonds. The molecule has 1 fully saturated rings. The number of rotatable bonds is 4. The van der Waals surface area contributed by atoms with Gasteiger partial charge in [-0.25, -0.2) is 4.98 Å². The van der Waals surface area contributed by atoms with Gasteiger partial charge in [0.25, 0.3) is 5.56 Å². The molecular weight excluding hydrogens is 413 g/mol. The number of piperidine rings is 1. The first-order valence-electron chi connectivity index (χ1n) is 10.4. The maximum absolute atomic E-state index is 12.5. The van der Waals surface area contributed by atoms with Crippen molar-refractivity contribution in [3.05, 3.63) is 81.0 Å². The molecule has 30 heavy (non-hydrogen) atoms. The van der Waals surface area contributed by atoms with E-state index in [-0.39, 0.29) is 5.56 Å². The van der Waals surface area contributed by atoms with Crippen LogP contribution in [0.4, 0.5) is 5.69 Å². The fraction of sp³-hybridized carbons (Fsp3) is 0.333. The van der Waals surface area contributed by atoms with E-state index in [1.165, 1.54) is 29.8 Å². The summed E-state index contributed by atoms with van der Waals surface area (Å²) in [4.78, 5) is 19.3. The summed E-state index contributed by atoms with van der Waals surface area (Å²) in [5.41, 5.74) is 3.82. The molecule has 6 heteroatoms. The quantitative estimate of drug-likeness (QED) is 0.563. The first kappa shape index (κ1) is 21.1. The zero-order chi connectivity index (χ0) is 21.3. The van der Waals surface area contributed by atoms with Gasteiger partial charge in [-0.3, -0.25) is 9.36 Å². The minimum atomic E-state index is -0.106. The van der Waals surface area contributed by atoms with Gasteiger partial charge in [0, 0.05) is 30.5 Å². The minimum absolute atomic E-state index is 0.106. The number of halogens is 1. The largest absolute Gasteiger partial charge is 0.371 e. The molecule has 4 nitrogen and oxygen atoms in total. The fourth-order valence-electron chi connectivity index (χ4n) is 4.36. The van der Waals surface area contributed by atoms with Crippen LogP contribution in [0, 0.1) is 19.8 Å². The molecular formula is C24H27ClN3OP. The Bertz CT molecular complexity index is 1120. The van der Waals surface area contributed by atoms with E-state index in [0.29, 0.717) is 28.1 Å². The Labute approximate surface area is 185 Å². The predicted molar refractivity (Wildman–Crippen MR) is 129 cm³/mol. The number of hydrogen-bond donors (Lipinski definition) is 0. The molecule has 2 aromatic carbocycles. The molecule has 1 aliphatic heterocycles. The number of aromatic nitrogens is 2. The number of benzene rings is 2. The zero-order valence-corrected chi connectivity index (χ0v) is 19.3. The van der Waals surface area contributed by atoms with Crippen LogP contribution < -0.4 is 15.8 Å². The van der Waals surface area contributed by atoms with Gasteiger partial charge in [0.1, 0.15) is 5.82 Å². The second-order valence-corrected chi connectivity index (χ2v) is 9.21. The molecule has 1 unspecified atom stereocenters. The Morgan fingerprint density at radius 3 is 2.53 bits per heavy atom. The van der Waals surface area contributed by atoms with Crippen LogP contribution in [0.1, 0.15) is 29.9 Å². The third-order valence-corrected chi connectivity index (χ3v) is 6.50. The van der Waals surface area contributed by atoms with Gasteiger partial charge in [-0.15, -0.1) is 9.24 Å². The van der Waals surface area contributed by atoms with Crippen LogP contribution in [0.2, 0.25) is 5.02 Å². The lowest BCUT2D eigenvalue weighted by Gasteiger charge is -2.34. The van der Waals surface area contributed by atoms with Gasteiger partial charge in [-0.1, -0.05) is 35.9 Å². The molecule has 0 radical (unpaired) electrons. The topological polar surface area (TPSA) is 38.1 Å². The second kappa shape index (κ2) is 8.91. The summed E-state index contributed by atoms with van der Waals surface area (Å²) >= 11 is 6.60. The molecule has 0 bridgehead atoms. The third kappa shape index (κ3) is 4.61. The number of aryl methyl sites for hydroxylation is 2. The van der Waals surface area contributed by atoms with Crippen molar-refractivity contribution in [3.63, 3.8) is 0 Å². The van der Waals surface area contributed by atoms with Crippen molar-refractivity contribution in [2.45, 2.75) is 33.1 Å². The van der Waals surface area contributed by atoms with Gasteiger partial charge in [0.2, 0.25) is 0 Å². The molecule has 2 heterocycles. The molecule has 3 aromatic rings. The van der Waals surface area contributed by atoms with Gasteiger partial charge in [0.15, 0.2) is 0 Å². The van der Waals surface area contributed by atoms with Crippen LogP contribution in [0.3, 0.4) is 0 Å². The Kier molecular flexibility index (Phi) is 6.26. The molecule has 0 aliphatic carbocycles. The lowest BCUT2D eigenvalue weighted by molar-refractivity contribution is 0.404. The van der Waals surface area contributed by atoms with Crippen LogP contribution >= 0.6 is 20.8 Å². The van der Waals surface area contributed by atoms with Crippen molar-refractivity contribution in [2.75, 3.05) is 18.0 Å². The predicted octanol–water partition coefficient (Wildman–Crippen LogP) is 4.46. The number of nitrogens with zero attached hydrogens (tertiary/aromatic N) is 3. The molecule has 0 spiro atoms. The zero-order valence-electron chi connectivity index (χ0n) is 17.4. The van der Waals surface area contributed by atoms with Crippen molar-refractivity contribution in [2.24, 2.45) is 5.92 Å². The van der Waals surface area contributed by atoms with E-state index in [1.54, 1.807) is 4.57 Å². The minimum Gasteiger partial charge on any atom is -0.371 e. The van der Waals surface area contributed by atoms with Gasteiger partial charge in [0.05, 0.1) is 10.7 Å². The second-order valence-electron chi connectivity index (χ2n) is 8.13. The van der Waals surface area contributed by atoms with Crippen molar-refractivity contribution in [1.82, 2.24) is 9.55 Å². The van der Waals surface area contributed by atoms with Gasteiger partial charge < -0.3 is 4.90 Å². The highest BCUT2D eigenvalue weighted by Gasteiger charge is 2.21. The molecule has 1 saturated heterocycles. The van der Waals surface area contributed by atoms with E-state index >= 15 is 0 Å². The first-order valence-corrected chi connectivity index (χ1v) is 11.3. The summed E-state index contributed by atoms with van der Waals surface area (Å²) in [7, 11) is 2.78. The maximum atomic E-state index is 12.5. The highest BCUT2D eigenvalue weighted by Crippen LogP contribution is 2.30. The van der Waals surface area contributed by atoms with Crippen molar-refractivity contribution in [1.29, 1.82) is 0 Å². The monoisotopic (exact) mass is 439 g/mol. The summed E-state index contributed by atoms with van der Waals surface area (Å²) in [6.07, 6.45) is 3.47. The standard InChI is InChI=1S/C24H27ClN3OP/c1-16-12-24(29)28(17(2)26-16)23-7-6-20(15-22(23)25)27-10-8-18(9-11-27)13-19-4-3-5-21(30)14-19/h3-7,12,14-15,18H,8-11,13,30H2,1-2H3. The van der Waals surface area contributed by atoms with E-state index in [9.17, 15) is 4.79 Å². The molecule has 0 N–H and O–H groups in total. The lowest BCUT2D eigenvalue weighted by atomic mass is 9.90. The Hall–Kier alpha value is -2.16. The SMILES string of the molecule is Cc1cc(=O)n(-c2ccc(N3CCC(Cc4cccc(P)c4)CC3)cc2Cl)c(C)n1. The Balaban J connectivity index is 1.46. The Morgan fingerprint density at radius 1 is 1.10 bits per heavy atom. The smallest absolute Gasteiger partial charge is 0.258 e. The first-order chi connectivity index (χ1) is 14.4. The van der Waals surface area contributed by atoms with E-state index in [4.69, 9.17) is 11.6 Å². The van der Waals surface area contributed by atoms with Gasteiger partial charge >= 0.3 is 0 Å². The highest BCUT2D eigenvalue weighted by molar-refractivity contribution is 7.27. The van der Waals surface area contributed by atoms with Crippen molar-refractivity contribution >= 4 is 31.8 Å². The number of hydrogen-bond acceptors (Lipinski definition) is 3. The van der Waals surface area contributed by atoms with Crippen molar-refractivity contribution < 1.29 is 0 Å². The average Bonchev–Trinajstić information content (AvgIpc) is 2.69. The maximum Gasteiger partial charge on any atom is 0.258 e. The van der Waals surface area contributed by atoms with Crippen molar-refractivity contribution in [3.8, 4) is 5.69 Å². The van der Waals surface area contributed by atoms with Crippen LogP contribution in [0.15, 0.2) is 53.3 Å². The Morgan fingerprint density at radius 2 is 1.87 bits per heavy atom. The van der Waals surface area contributed by atoms with E-state index in [2.05, 4.69) is 49.5 Å². The summed E-state index contributed by atoms with van der Waals surface area (Å²) < 4.78 is 1.57. The molecule has 4 rings (SSSR count). The van der Waals surface area contributed by atoms with Gasteiger partial charge in [-0.05, 0) is 68.1 Å². The van der Waals surface area contributed by atoms with E-state index < -0.39 is 0 Å². The average molecular weight is 440 g/mol. The summed E-state index contributed by atoms with van der Waals surface area (Å²) in [5, 5.41) is 1.82. The fourth-order valence-corrected chi connectivity index (χ4v) is 4.94. The van der Waals surface area contributed by atoms with Crippen LogP contribution in [0.25, 0.3) is 5.69 Å². The number of anilines is 1. The third-order valence-electron chi connectivity index (χ3n) is 5.84. The van der Waals surface area contributed by atoms with E-state index in [1.807, 2.05) is 26.0 Å². The molecule has 0 saturated carbocycles. The summed E-state index contributed by atoms with van der Waals surface area (Å²) in [6, 6.07) is 16.2. The van der Waals surface area contributed by atoms with Gasteiger partial charge in [-0.2, -0.15) is 0 Å². The lowest BCUT2D eigenvalue weighted by Crippen LogP contribution is -2.34. The highest BCUT2D eigenvalue weighted by atomic mass is 35.5. The molecule has 1 atom stereocenters. The summed E-state index contributed by atoms with van der Waals surface area (Å²) in [6.45, 7) is 5.69.